The first-order valence-electron chi connectivity index (χ1n) is 9.16. The fourth-order valence-corrected chi connectivity index (χ4v) is 5.58. The lowest BCUT2D eigenvalue weighted by Crippen LogP contribution is -2.27. The lowest BCUT2D eigenvalue weighted by molar-refractivity contribution is 0.437. The summed E-state index contributed by atoms with van der Waals surface area (Å²) in [4.78, 5) is 0.475. The molecule has 1 heterocycles. The molecule has 0 spiro atoms. The summed E-state index contributed by atoms with van der Waals surface area (Å²) in [7, 11) is -3.35. The predicted octanol–water partition coefficient (Wildman–Crippen LogP) is 4.23. The second-order valence-corrected chi connectivity index (χ2v) is 9.41. The van der Waals surface area contributed by atoms with E-state index in [4.69, 9.17) is 5.73 Å². The molecule has 0 bridgehead atoms. The number of nitrogens with two attached hydrogens (primary N) is 1. The van der Waals surface area contributed by atoms with Crippen molar-refractivity contribution < 1.29 is 12.8 Å². The molecule has 0 radical (unpaired) electrons. The Labute approximate surface area is 159 Å². The SMILES string of the molecule is Cc1cc(-c2ccc(N)cc2F)c(C)cc1/C=C1\CCN(C2CC2)S1(=O)=O. The molecule has 1 aliphatic carbocycles. The number of rotatable bonds is 3. The van der Waals surface area contributed by atoms with Crippen LogP contribution >= 0.6 is 0 Å². The van der Waals surface area contributed by atoms with Gasteiger partial charge in [0.05, 0.1) is 4.91 Å². The monoisotopic (exact) mass is 386 g/mol. The molecular formula is C21H23FN2O2S. The van der Waals surface area contributed by atoms with Crippen molar-refractivity contribution in [3.05, 3.63) is 57.7 Å². The van der Waals surface area contributed by atoms with Gasteiger partial charge in [0.1, 0.15) is 5.82 Å². The van der Waals surface area contributed by atoms with E-state index >= 15 is 0 Å². The summed E-state index contributed by atoms with van der Waals surface area (Å²) in [5.74, 6) is -0.359. The van der Waals surface area contributed by atoms with Crippen LogP contribution in [0.25, 0.3) is 17.2 Å². The van der Waals surface area contributed by atoms with E-state index in [1.807, 2.05) is 26.0 Å². The molecule has 2 aromatic carbocycles. The van der Waals surface area contributed by atoms with Crippen molar-refractivity contribution >= 4 is 21.8 Å². The molecule has 1 aliphatic heterocycles. The third kappa shape index (κ3) is 3.28. The summed E-state index contributed by atoms with van der Waals surface area (Å²) in [5, 5.41) is 0. The van der Waals surface area contributed by atoms with Gasteiger partial charge in [-0.05, 0) is 79.6 Å². The summed E-state index contributed by atoms with van der Waals surface area (Å²) in [6.07, 6.45) is 4.26. The quantitative estimate of drug-likeness (QED) is 0.803. The Morgan fingerprint density at radius 3 is 2.52 bits per heavy atom. The molecule has 0 aromatic heterocycles. The minimum absolute atomic E-state index is 0.194. The van der Waals surface area contributed by atoms with Crippen molar-refractivity contribution in [2.24, 2.45) is 0 Å². The lowest BCUT2D eigenvalue weighted by Gasteiger charge is -2.14. The van der Waals surface area contributed by atoms with Gasteiger partial charge in [0, 0.05) is 23.8 Å². The number of nitrogen functional groups attached to an aromatic ring is 1. The lowest BCUT2D eigenvalue weighted by atomic mass is 9.94. The summed E-state index contributed by atoms with van der Waals surface area (Å²) >= 11 is 0. The van der Waals surface area contributed by atoms with Crippen molar-refractivity contribution in [1.29, 1.82) is 0 Å². The van der Waals surface area contributed by atoms with Crippen LogP contribution in [0.4, 0.5) is 10.1 Å². The summed E-state index contributed by atoms with van der Waals surface area (Å²) in [5.41, 5.74) is 9.99. The minimum atomic E-state index is -3.35. The van der Waals surface area contributed by atoms with Crippen molar-refractivity contribution in [3.8, 4) is 11.1 Å². The molecule has 27 heavy (non-hydrogen) atoms. The van der Waals surface area contributed by atoms with Crippen molar-refractivity contribution in [3.63, 3.8) is 0 Å². The Morgan fingerprint density at radius 1 is 1.11 bits per heavy atom. The van der Waals surface area contributed by atoms with Crippen LogP contribution < -0.4 is 5.73 Å². The number of halogens is 1. The Hall–Kier alpha value is -2.18. The predicted molar refractivity (Wildman–Crippen MR) is 107 cm³/mol. The largest absolute Gasteiger partial charge is 0.399 e. The molecule has 0 unspecified atom stereocenters. The minimum Gasteiger partial charge on any atom is -0.399 e. The molecule has 4 nitrogen and oxygen atoms in total. The Morgan fingerprint density at radius 2 is 1.85 bits per heavy atom. The van der Waals surface area contributed by atoms with Crippen LogP contribution in [0, 0.1) is 19.7 Å². The molecule has 6 heteroatoms. The van der Waals surface area contributed by atoms with Crippen molar-refractivity contribution in [2.75, 3.05) is 12.3 Å². The maximum atomic E-state index is 14.3. The van der Waals surface area contributed by atoms with E-state index in [1.54, 1.807) is 22.5 Å². The first-order valence-corrected chi connectivity index (χ1v) is 10.6. The van der Waals surface area contributed by atoms with E-state index in [2.05, 4.69) is 0 Å². The third-order valence-corrected chi connectivity index (χ3v) is 7.47. The zero-order valence-corrected chi connectivity index (χ0v) is 16.3. The van der Waals surface area contributed by atoms with Gasteiger partial charge in [-0.25, -0.2) is 12.8 Å². The first kappa shape index (κ1) is 18.2. The third-order valence-electron chi connectivity index (χ3n) is 5.39. The van der Waals surface area contributed by atoms with Gasteiger partial charge in [0.15, 0.2) is 0 Å². The summed E-state index contributed by atoms with van der Waals surface area (Å²) < 4.78 is 41.4. The molecule has 1 saturated heterocycles. The van der Waals surface area contributed by atoms with Gasteiger partial charge in [-0.1, -0.05) is 12.1 Å². The molecule has 1 saturated carbocycles. The molecule has 2 N–H and O–H groups in total. The topological polar surface area (TPSA) is 63.4 Å². The zero-order chi connectivity index (χ0) is 19.3. The average molecular weight is 386 g/mol. The van der Waals surface area contributed by atoms with E-state index in [9.17, 15) is 12.8 Å². The molecule has 2 aromatic rings. The average Bonchev–Trinajstić information content (AvgIpc) is 3.37. The van der Waals surface area contributed by atoms with Crippen molar-refractivity contribution in [2.45, 2.75) is 39.2 Å². The van der Waals surface area contributed by atoms with Gasteiger partial charge < -0.3 is 5.73 Å². The molecule has 0 atom stereocenters. The van der Waals surface area contributed by atoms with Gasteiger partial charge in [-0.3, -0.25) is 0 Å². The van der Waals surface area contributed by atoms with Crippen LogP contribution in [0.15, 0.2) is 35.2 Å². The summed E-state index contributed by atoms with van der Waals surface area (Å²) in [6, 6.07) is 8.72. The van der Waals surface area contributed by atoms with E-state index < -0.39 is 10.0 Å². The molecule has 0 amide bonds. The highest BCUT2D eigenvalue weighted by Crippen LogP contribution is 2.38. The number of anilines is 1. The van der Waals surface area contributed by atoms with Gasteiger partial charge in [0.2, 0.25) is 10.0 Å². The van der Waals surface area contributed by atoms with E-state index in [0.29, 0.717) is 29.1 Å². The van der Waals surface area contributed by atoms with Gasteiger partial charge in [-0.15, -0.1) is 0 Å². The maximum absolute atomic E-state index is 14.3. The first-order chi connectivity index (χ1) is 12.8. The highest BCUT2D eigenvalue weighted by atomic mass is 32.2. The normalized spacial score (nSPS) is 21.1. The van der Waals surface area contributed by atoms with Crippen LogP contribution in [0.1, 0.15) is 36.0 Å². The maximum Gasteiger partial charge on any atom is 0.239 e. The van der Waals surface area contributed by atoms with Crippen LogP contribution in [0.5, 0.6) is 0 Å². The fraction of sp³-hybridized carbons (Fsp3) is 0.333. The Balaban J connectivity index is 1.72. The van der Waals surface area contributed by atoms with E-state index in [0.717, 1.165) is 35.1 Å². The van der Waals surface area contributed by atoms with Crippen LogP contribution in [0.2, 0.25) is 0 Å². The smallest absolute Gasteiger partial charge is 0.239 e. The Bertz CT molecular complexity index is 1060. The fourth-order valence-electron chi connectivity index (χ4n) is 3.72. The molecular weight excluding hydrogens is 363 g/mol. The number of hydrogen-bond donors (Lipinski definition) is 1. The van der Waals surface area contributed by atoms with Gasteiger partial charge in [-0.2, -0.15) is 4.31 Å². The summed E-state index contributed by atoms with van der Waals surface area (Å²) in [6.45, 7) is 4.41. The molecule has 142 valence electrons. The molecule has 2 aliphatic rings. The van der Waals surface area contributed by atoms with E-state index in [1.165, 1.54) is 6.07 Å². The Kier molecular flexibility index (Phi) is 4.35. The number of nitrogens with zero attached hydrogens (tertiary/aromatic N) is 1. The molecule has 2 fully saturated rings. The van der Waals surface area contributed by atoms with Gasteiger partial charge >= 0.3 is 0 Å². The number of benzene rings is 2. The van der Waals surface area contributed by atoms with Crippen LogP contribution in [-0.4, -0.2) is 25.3 Å². The van der Waals surface area contributed by atoms with Crippen LogP contribution in [-0.2, 0) is 10.0 Å². The molecule has 4 rings (SSSR count). The zero-order valence-electron chi connectivity index (χ0n) is 15.5. The highest BCUT2D eigenvalue weighted by Gasteiger charge is 2.43. The number of sulfonamides is 1. The van der Waals surface area contributed by atoms with Crippen molar-refractivity contribution in [1.82, 2.24) is 4.31 Å². The second kappa shape index (κ2) is 6.46. The standard InChI is InChI=1S/C21H23FN2O2S/c1-13-10-20(19-6-3-16(23)12-21(19)22)14(2)9-15(13)11-18-7-8-24(17-4-5-17)27(18,25)26/h3,6,9-12,17H,4-5,7-8,23H2,1-2H3/b18-11+. The second-order valence-electron chi connectivity index (χ2n) is 7.47. The van der Waals surface area contributed by atoms with Crippen LogP contribution in [0.3, 0.4) is 0 Å². The van der Waals surface area contributed by atoms with E-state index in [-0.39, 0.29) is 11.9 Å². The highest BCUT2D eigenvalue weighted by molar-refractivity contribution is 7.93. The number of hydrogen-bond acceptors (Lipinski definition) is 3. The van der Waals surface area contributed by atoms with Gasteiger partial charge in [0.25, 0.3) is 0 Å². The number of aryl methyl sites for hydroxylation is 2.